The zero-order chi connectivity index (χ0) is 21.4. The smallest absolute Gasteiger partial charge is 0.326 e. The zero-order valence-electron chi connectivity index (χ0n) is 16.9. The third kappa shape index (κ3) is 5.46. The minimum atomic E-state index is -0.968. The van der Waals surface area contributed by atoms with Gasteiger partial charge in [-0.3, -0.25) is 19.3 Å². The van der Waals surface area contributed by atoms with E-state index in [1.165, 1.54) is 7.11 Å². The van der Waals surface area contributed by atoms with E-state index in [-0.39, 0.29) is 0 Å². The Kier molecular flexibility index (Phi) is 7.58. The van der Waals surface area contributed by atoms with Crippen molar-refractivity contribution in [2.75, 3.05) is 25.6 Å². The Morgan fingerprint density at radius 1 is 1.17 bits per heavy atom. The van der Waals surface area contributed by atoms with Crippen LogP contribution in [-0.2, 0) is 19.1 Å². The Hall–Kier alpha value is -3.10. The summed E-state index contributed by atoms with van der Waals surface area (Å²) in [5.74, 6) is -1.24. The number of amides is 4. The van der Waals surface area contributed by atoms with Crippen molar-refractivity contribution < 1.29 is 28.7 Å². The predicted molar refractivity (Wildman–Crippen MR) is 105 cm³/mol. The van der Waals surface area contributed by atoms with Crippen molar-refractivity contribution in [2.24, 2.45) is 0 Å². The molecule has 9 heteroatoms. The van der Waals surface area contributed by atoms with E-state index in [1.54, 1.807) is 24.3 Å². The van der Waals surface area contributed by atoms with Crippen molar-refractivity contribution in [3.05, 3.63) is 24.3 Å². The van der Waals surface area contributed by atoms with Gasteiger partial charge in [-0.1, -0.05) is 32.8 Å². The molecule has 0 aromatic heterocycles. The number of esters is 1. The minimum Gasteiger partial charge on any atom is -0.497 e. The molecule has 1 aliphatic heterocycles. The van der Waals surface area contributed by atoms with Gasteiger partial charge in [0.15, 0.2) is 6.61 Å². The van der Waals surface area contributed by atoms with Crippen LogP contribution < -0.4 is 15.4 Å². The SMILES string of the molecule is CCCC1(CCC)NC(=O)N(CC(=O)OCC(=O)Nc2cccc(OC)c2)C1=O. The molecule has 1 aliphatic rings. The van der Waals surface area contributed by atoms with Crippen molar-refractivity contribution >= 4 is 29.5 Å². The number of carbonyl (C=O) groups is 4. The van der Waals surface area contributed by atoms with Gasteiger partial charge in [0, 0.05) is 11.8 Å². The maximum absolute atomic E-state index is 12.7. The number of methoxy groups -OCH3 is 1. The topological polar surface area (TPSA) is 114 Å². The molecule has 1 aromatic rings. The molecule has 1 fully saturated rings. The lowest BCUT2D eigenvalue weighted by Gasteiger charge is -2.25. The monoisotopic (exact) mass is 405 g/mol. The van der Waals surface area contributed by atoms with Crippen molar-refractivity contribution in [1.82, 2.24) is 10.2 Å². The summed E-state index contributed by atoms with van der Waals surface area (Å²) >= 11 is 0. The van der Waals surface area contributed by atoms with Crippen LogP contribution in [0.2, 0.25) is 0 Å². The highest BCUT2D eigenvalue weighted by molar-refractivity contribution is 6.08. The minimum absolute atomic E-state index is 0.427. The van der Waals surface area contributed by atoms with E-state index in [9.17, 15) is 19.2 Å². The third-order valence-electron chi connectivity index (χ3n) is 4.60. The summed E-state index contributed by atoms with van der Waals surface area (Å²) < 4.78 is 9.99. The summed E-state index contributed by atoms with van der Waals surface area (Å²) in [6.45, 7) is 2.78. The molecular weight excluding hydrogens is 378 g/mol. The standard InChI is InChI=1S/C20H27N3O6/c1-4-9-20(10-5-2)18(26)23(19(27)22-20)12-17(25)29-13-16(24)21-14-7-6-8-15(11-14)28-3/h6-8,11H,4-5,9-10,12-13H2,1-3H3,(H,21,24)(H,22,27). The maximum atomic E-state index is 12.7. The molecular formula is C20H27N3O6. The van der Waals surface area contributed by atoms with Gasteiger partial charge in [0.1, 0.15) is 17.8 Å². The molecule has 4 amide bonds. The van der Waals surface area contributed by atoms with Crippen LogP contribution in [0.3, 0.4) is 0 Å². The first kappa shape index (κ1) is 22.2. The van der Waals surface area contributed by atoms with Crippen molar-refractivity contribution in [3.8, 4) is 5.75 Å². The summed E-state index contributed by atoms with van der Waals surface area (Å²) in [7, 11) is 1.51. The molecule has 2 N–H and O–H groups in total. The maximum Gasteiger partial charge on any atom is 0.326 e. The van der Waals surface area contributed by atoms with Crippen molar-refractivity contribution in [2.45, 2.75) is 45.1 Å². The molecule has 1 saturated heterocycles. The first-order valence-electron chi connectivity index (χ1n) is 9.58. The number of ether oxygens (including phenoxy) is 2. The van der Waals surface area contributed by atoms with Crippen LogP contribution in [0.25, 0.3) is 0 Å². The number of imide groups is 1. The molecule has 9 nitrogen and oxygen atoms in total. The molecule has 0 saturated carbocycles. The lowest BCUT2D eigenvalue weighted by Crippen LogP contribution is -2.47. The van der Waals surface area contributed by atoms with Gasteiger partial charge >= 0.3 is 12.0 Å². The van der Waals surface area contributed by atoms with Crippen molar-refractivity contribution in [1.29, 1.82) is 0 Å². The van der Waals surface area contributed by atoms with Crippen LogP contribution >= 0.6 is 0 Å². The van der Waals surface area contributed by atoms with Gasteiger partial charge in [0.25, 0.3) is 11.8 Å². The van der Waals surface area contributed by atoms with Gasteiger partial charge < -0.3 is 20.1 Å². The van der Waals surface area contributed by atoms with E-state index < -0.39 is 42.5 Å². The van der Waals surface area contributed by atoms with Crippen LogP contribution in [0.1, 0.15) is 39.5 Å². The number of nitrogens with zero attached hydrogens (tertiary/aromatic N) is 1. The average molecular weight is 405 g/mol. The molecule has 1 heterocycles. The second-order valence-corrected chi connectivity index (χ2v) is 6.84. The molecule has 1 aromatic carbocycles. The fourth-order valence-electron chi connectivity index (χ4n) is 3.36. The summed E-state index contributed by atoms with van der Waals surface area (Å²) in [5, 5.41) is 5.30. The van der Waals surface area contributed by atoms with Gasteiger partial charge in [-0.25, -0.2) is 4.79 Å². The fraction of sp³-hybridized carbons (Fsp3) is 0.500. The second kappa shape index (κ2) is 9.90. The molecule has 29 heavy (non-hydrogen) atoms. The molecule has 158 valence electrons. The Bertz CT molecular complexity index is 773. The van der Waals surface area contributed by atoms with Crippen LogP contribution in [0.4, 0.5) is 10.5 Å². The Labute approximate surface area is 169 Å². The van der Waals surface area contributed by atoms with Crippen LogP contribution in [0.15, 0.2) is 24.3 Å². The van der Waals surface area contributed by atoms with Gasteiger partial charge in [-0.05, 0) is 25.0 Å². The van der Waals surface area contributed by atoms with Gasteiger partial charge in [0.2, 0.25) is 0 Å². The largest absolute Gasteiger partial charge is 0.497 e. The first-order valence-corrected chi connectivity index (χ1v) is 9.58. The highest BCUT2D eigenvalue weighted by Gasteiger charge is 2.50. The molecule has 0 atom stereocenters. The molecule has 0 spiro atoms. The molecule has 0 aliphatic carbocycles. The lowest BCUT2D eigenvalue weighted by atomic mass is 9.88. The summed E-state index contributed by atoms with van der Waals surface area (Å²) in [6.07, 6.45) is 2.43. The number of anilines is 1. The number of rotatable bonds is 10. The third-order valence-corrected chi connectivity index (χ3v) is 4.60. The highest BCUT2D eigenvalue weighted by Crippen LogP contribution is 2.28. The molecule has 2 rings (SSSR count). The molecule has 0 radical (unpaired) electrons. The zero-order valence-corrected chi connectivity index (χ0v) is 16.9. The van der Waals surface area contributed by atoms with Crippen LogP contribution in [0, 0.1) is 0 Å². The second-order valence-electron chi connectivity index (χ2n) is 6.84. The number of nitrogens with one attached hydrogen (secondary N) is 2. The van der Waals surface area contributed by atoms with E-state index in [2.05, 4.69) is 10.6 Å². The normalized spacial score (nSPS) is 15.1. The summed E-state index contributed by atoms with van der Waals surface area (Å²) in [6, 6.07) is 6.10. The lowest BCUT2D eigenvalue weighted by molar-refractivity contribution is -0.150. The van der Waals surface area contributed by atoms with E-state index in [4.69, 9.17) is 9.47 Å². The Morgan fingerprint density at radius 2 is 1.86 bits per heavy atom. The van der Waals surface area contributed by atoms with E-state index in [1.807, 2.05) is 13.8 Å². The first-order chi connectivity index (χ1) is 13.8. The summed E-state index contributed by atoms with van der Waals surface area (Å²) in [5.41, 5.74) is -0.478. The quantitative estimate of drug-likeness (QED) is 0.455. The number of benzene rings is 1. The van der Waals surface area contributed by atoms with Crippen LogP contribution in [-0.4, -0.2) is 54.5 Å². The van der Waals surface area contributed by atoms with Gasteiger partial charge in [-0.2, -0.15) is 0 Å². The number of hydrogen-bond donors (Lipinski definition) is 2. The highest BCUT2D eigenvalue weighted by atomic mass is 16.5. The van der Waals surface area contributed by atoms with Gasteiger partial charge in [0.05, 0.1) is 7.11 Å². The molecule has 0 unspecified atom stereocenters. The summed E-state index contributed by atoms with van der Waals surface area (Å²) in [4.78, 5) is 49.9. The van der Waals surface area contributed by atoms with E-state index in [0.29, 0.717) is 24.3 Å². The Morgan fingerprint density at radius 3 is 2.48 bits per heavy atom. The van der Waals surface area contributed by atoms with E-state index >= 15 is 0 Å². The Balaban J connectivity index is 1.89. The fourth-order valence-corrected chi connectivity index (χ4v) is 3.36. The van der Waals surface area contributed by atoms with Crippen molar-refractivity contribution in [3.63, 3.8) is 0 Å². The molecule has 0 bridgehead atoms. The number of urea groups is 1. The van der Waals surface area contributed by atoms with Crippen LogP contribution in [0.5, 0.6) is 5.75 Å². The number of carbonyl (C=O) groups excluding carboxylic acids is 4. The predicted octanol–water partition coefficient (Wildman–Crippen LogP) is 2.07. The number of hydrogen-bond acceptors (Lipinski definition) is 6. The van der Waals surface area contributed by atoms with Gasteiger partial charge in [-0.15, -0.1) is 0 Å². The average Bonchev–Trinajstić information content (AvgIpc) is 2.91. The van der Waals surface area contributed by atoms with E-state index in [0.717, 1.165) is 17.7 Å².